The smallest absolute Gasteiger partial charge is 0.309 e. The summed E-state index contributed by atoms with van der Waals surface area (Å²) in [7, 11) is -3.57. The molecule has 1 N–H and O–H groups in total. The van der Waals surface area contributed by atoms with Gasteiger partial charge in [0, 0.05) is 19.6 Å². The Morgan fingerprint density at radius 1 is 1.16 bits per heavy atom. The minimum atomic E-state index is -3.57. The maximum atomic E-state index is 12.8. The van der Waals surface area contributed by atoms with E-state index in [-0.39, 0.29) is 23.9 Å². The molecule has 0 spiro atoms. The van der Waals surface area contributed by atoms with Gasteiger partial charge in [-0.25, -0.2) is 8.42 Å². The number of piperidine rings is 1. The first kappa shape index (κ1) is 24.5. The summed E-state index contributed by atoms with van der Waals surface area (Å²) in [5.74, 6) is -1.13. The predicted octanol–water partition coefficient (Wildman–Crippen LogP) is 3.33. The van der Waals surface area contributed by atoms with E-state index in [1.54, 1.807) is 31.2 Å². The molecule has 1 fully saturated rings. The molecule has 0 radical (unpaired) electrons. The molecule has 8 heteroatoms. The summed E-state index contributed by atoms with van der Waals surface area (Å²) in [6, 6.07) is 6.76. The number of benzene rings is 1. The fraction of sp³-hybridized carbons (Fsp3) is 0.583. The molecule has 1 aromatic carbocycles. The molecule has 32 heavy (non-hydrogen) atoms. The summed E-state index contributed by atoms with van der Waals surface area (Å²) in [5, 5.41) is 2.84. The Morgan fingerprint density at radius 2 is 1.84 bits per heavy atom. The number of nitrogens with zero attached hydrogens (tertiary/aromatic N) is 1. The molecule has 0 unspecified atom stereocenters. The molecule has 1 heterocycles. The van der Waals surface area contributed by atoms with Gasteiger partial charge in [0.2, 0.25) is 10.0 Å². The number of sulfonamides is 1. The highest BCUT2D eigenvalue weighted by atomic mass is 32.2. The summed E-state index contributed by atoms with van der Waals surface area (Å²) in [4.78, 5) is 25.1. The first-order valence-corrected chi connectivity index (χ1v) is 12.9. The van der Waals surface area contributed by atoms with Crippen LogP contribution in [0.3, 0.4) is 0 Å². The van der Waals surface area contributed by atoms with Crippen molar-refractivity contribution >= 4 is 21.9 Å². The number of hydrogen-bond donors (Lipinski definition) is 1. The standard InChI is InChI=1S/C24H34N2O5S/c1-18-8-10-22(11-9-18)32(29,30)26-16-13-21(14-17-26)24(28)31-19(2)23(27)25-15-12-20-6-4-3-5-7-20/h6,8-11,19,21H,3-5,7,12-17H2,1-2H3,(H,25,27)/t19-/m0/s1. The lowest BCUT2D eigenvalue weighted by Gasteiger charge is -2.30. The third kappa shape index (κ3) is 6.42. The maximum absolute atomic E-state index is 12.8. The van der Waals surface area contributed by atoms with Crippen LogP contribution in [0.2, 0.25) is 0 Å². The SMILES string of the molecule is Cc1ccc(S(=O)(=O)N2CCC(C(=O)O[C@@H](C)C(=O)NCCC3=CCCCC3)CC2)cc1. The normalized spacial score (nSPS) is 19.1. The van der Waals surface area contributed by atoms with Gasteiger partial charge in [0.1, 0.15) is 0 Å². The van der Waals surface area contributed by atoms with Gasteiger partial charge in [0.15, 0.2) is 6.10 Å². The van der Waals surface area contributed by atoms with Gasteiger partial charge in [0.05, 0.1) is 10.8 Å². The second kappa shape index (κ2) is 11.1. The van der Waals surface area contributed by atoms with Crippen molar-refractivity contribution in [2.75, 3.05) is 19.6 Å². The van der Waals surface area contributed by atoms with E-state index in [0.717, 1.165) is 24.8 Å². The van der Waals surface area contributed by atoms with Crippen molar-refractivity contribution in [3.05, 3.63) is 41.5 Å². The molecule has 1 atom stereocenters. The van der Waals surface area contributed by atoms with Gasteiger partial charge in [-0.1, -0.05) is 29.3 Å². The Balaban J connectivity index is 1.42. The van der Waals surface area contributed by atoms with E-state index >= 15 is 0 Å². The minimum absolute atomic E-state index is 0.256. The first-order chi connectivity index (χ1) is 15.3. The number of amides is 1. The van der Waals surface area contributed by atoms with Crippen LogP contribution in [0.5, 0.6) is 0 Å². The van der Waals surface area contributed by atoms with Crippen LogP contribution < -0.4 is 5.32 Å². The zero-order valence-electron chi connectivity index (χ0n) is 19.0. The number of aryl methyl sites for hydroxylation is 1. The Morgan fingerprint density at radius 3 is 2.47 bits per heavy atom. The van der Waals surface area contributed by atoms with Crippen LogP contribution in [-0.2, 0) is 24.3 Å². The molecule has 0 bridgehead atoms. The highest BCUT2D eigenvalue weighted by Gasteiger charge is 2.33. The van der Waals surface area contributed by atoms with Gasteiger partial charge >= 0.3 is 5.97 Å². The largest absolute Gasteiger partial charge is 0.452 e. The van der Waals surface area contributed by atoms with Crippen molar-refractivity contribution in [3.63, 3.8) is 0 Å². The minimum Gasteiger partial charge on any atom is -0.452 e. The van der Waals surface area contributed by atoms with Crippen molar-refractivity contribution in [3.8, 4) is 0 Å². The molecule has 0 aromatic heterocycles. The number of hydrogen-bond acceptors (Lipinski definition) is 5. The molecular weight excluding hydrogens is 428 g/mol. The zero-order valence-corrected chi connectivity index (χ0v) is 19.8. The lowest BCUT2D eigenvalue weighted by atomic mass is 9.97. The van der Waals surface area contributed by atoms with Gasteiger partial charge < -0.3 is 10.1 Å². The number of rotatable bonds is 8. The third-order valence-corrected chi connectivity index (χ3v) is 8.15. The van der Waals surface area contributed by atoms with Crippen LogP contribution in [-0.4, -0.2) is 50.3 Å². The average molecular weight is 463 g/mol. The molecule has 0 saturated carbocycles. The number of carbonyl (C=O) groups is 2. The predicted molar refractivity (Wildman–Crippen MR) is 122 cm³/mol. The van der Waals surface area contributed by atoms with Gasteiger partial charge in [-0.2, -0.15) is 4.31 Å². The second-order valence-electron chi connectivity index (χ2n) is 8.72. The van der Waals surface area contributed by atoms with E-state index in [1.807, 2.05) is 6.92 Å². The number of esters is 1. The highest BCUT2D eigenvalue weighted by Crippen LogP contribution is 2.25. The lowest BCUT2D eigenvalue weighted by molar-refractivity contribution is -0.159. The molecule has 1 saturated heterocycles. The van der Waals surface area contributed by atoms with Crippen molar-refractivity contribution in [2.24, 2.45) is 5.92 Å². The van der Waals surface area contributed by atoms with Crippen LogP contribution in [0.15, 0.2) is 40.8 Å². The third-order valence-electron chi connectivity index (χ3n) is 6.24. The molecule has 7 nitrogen and oxygen atoms in total. The number of ether oxygens (including phenoxy) is 1. The highest BCUT2D eigenvalue weighted by molar-refractivity contribution is 7.89. The second-order valence-corrected chi connectivity index (χ2v) is 10.7. The molecule has 1 amide bonds. The van der Waals surface area contributed by atoms with Gasteiger partial charge in [-0.15, -0.1) is 0 Å². The van der Waals surface area contributed by atoms with Crippen molar-refractivity contribution in [2.45, 2.75) is 69.8 Å². The molecular formula is C24H34N2O5S. The molecule has 1 aliphatic heterocycles. The molecule has 176 valence electrons. The lowest BCUT2D eigenvalue weighted by Crippen LogP contribution is -2.42. The summed E-state index contributed by atoms with van der Waals surface area (Å²) in [5.41, 5.74) is 2.38. The van der Waals surface area contributed by atoms with Crippen molar-refractivity contribution < 1.29 is 22.7 Å². The molecule has 3 rings (SSSR count). The van der Waals surface area contributed by atoms with Crippen LogP contribution in [0, 0.1) is 12.8 Å². The van der Waals surface area contributed by atoms with Gasteiger partial charge in [-0.05, 0) is 70.9 Å². The fourth-order valence-corrected chi connectivity index (χ4v) is 5.61. The van der Waals surface area contributed by atoms with Crippen molar-refractivity contribution in [1.29, 1.82) is 0 Å². The van der Waals surface area contributed by atoms with E-state index in [9.17, 15) is 18.0 Å². The van der Waals surface area contributed by atoms with Crippen LogP contribution in [0.25, 0.3) is 0 Å². The number of carbonyl (C=O) groups excluding carboxylic acids is 2. The van der Waals surface area contributed by atoms with E-state index in [1.165, 1.54) is 22.7 Å². The topological polar surface area (TPSA) is 92.8 Å². The van der Waals surface area contributed by atoms with E-state index < -0.39 is 28.0 Å². The van der Waals surface area contributed by atoms with Crippen LogP contribution >= 0.6 is 0 Å². The van der Waals surface area contributed by atoms with Gasteiger partial charge in [0.25, 0.3) is 5.91 Å². The van der Waals surface area contributed by atoms with Crippen LogP contribution in [0.1, 0.15) is 57.4 Å². The number of allylic oxidation sites excluding steroid dienone is 1. The van der Waals surface area contributed by atoms with E-state index in [2.05, 4.69) is 11.4 Å². The summed E-state index contributed by atoms with van der Waals surface area (Å²) < 4.78 is 32.4. The fourth-order valence-electron chi connectivity index (χ4n) is 4.14. The molecule has 2 aliphatic rings. The first-order valence-electron chi connectivity index (χ1n) is 11.5. The Hall–Kier alpha value is -2.19. The Bertz CT molecular complexity index is 932. The van der Waals surface area contributed by atoms with Crippen molar-refractivity contribution in [1.82, 2.24) is 9.62 Å². The van der Waals surface area contributed by atoms with Gasteiger partial charge in [-0.3, -0.25) is 9.59 Å². The number of nitrogens with one attached hydrogen (secondary N) is 1. The molecule has 1 aliphatic carbocycles. The quantitative estimate of drug-likeness (QED) is 0.473. The molecule has 1 aromatic rings. The Labute approximate surface area is 191 Å². The summed E-state index contributed by atoms with van der Waals surface area (Å²) in [6.45, 7) is 4.53. The Kier molecular flexibility index (Phi) is 8.48. The average Bonchev–Trinajstić information content (AvgIpc) is 2.80. The zero-order chi connectivity index (χ0) is 23.1. The van der Waals surface area contributed by atoms with Crippen LogP contribution in [0.4, 0.5) is 0 Å². The monoisotopic (exact) mass is 462 g/mol. The van der Waals surface area contributed by atoms with E-state index in [0.29, 0.717) is 19.4 Å². The summed E-state index contributed by atoms with van der Waals surface area (Å²) >= 11 is 0. The summed E-state index contributed by atoms with van der Waals surface area (Å²) in [6.07, 6.45) is 7.64. The maximum Gasteiger partial charge on any atom is 0.309 e. The van der Waals surface area contributed by atoms with E-state index in [4.69, 9.17) is 4.74 Å².